The number of allylic oxidation sites excluding steroid dienone is 1. The SMILES string of the molecule is Bc1nc2c(n3c1nc1ccccc13)=CC=C=NC=2. The number of fused-ring (bicyclic) bond motifs is 5. The normalized spacial score (nSPS) is 13.1. The lowest BCUT2D eigenvalue weighted by molar-refractivity contribution is 1.08. The van der Waals surface area contributed by atoms with Crippen LogP contribution in [0.25, 0.3) is 29.0 Å². The van der Waals surface area contributed by atoms with Gasteiger partial charge in [0.2, 0.25) is 0 Å². The molecule has 1 aromatic carbocycles. The maximum atomic E-state index is 4.66. The predicted octanol–water partition coefficient (Wildman–Crippen LogP) is -1.10. The second kappa shape index (κ2) is 3.67. The number of rotatable bonds is 0. The Bertz CT molecular complexity index is 1010. The number of aromatic nitrogens is 3. The molecular formula is C14H9BN4. The Morgan fingerprint density at radius 1 is 1.16 bits per heavy atom. The summed E-state index contributed by atoms with van der Waals surface area (Å²) in [6.07, 6.45) is 5.50. The minimum atomic E-state index is 0.842. The monoisotopic (exact) mass is 244 g/mol. The van der Waals surface area contributed by atoms with Crippen molar-refractivity contribution in [2.24, 2.45) is 4.99 Å². The maximum absolute atomic E-state index is 4.66. The quantitative estimate of drug-likeness (QED) is 0.471. The van der Waals surface area contributed by atoms with Gasteiger partial charge in [-0.3, -0.25) is 9.38 Å². The minimum Gasteiger partial charge on any atom is -0.290 e. The lowest BCUT2D eigenvalue weighted by atomic mass is 10.1. The summed E-state index contributed by atoms with van der Waals surface area (Å²) in [5.74, 6) is 2.83. The lowest BCUT2D eigenvalue weighted by Crippen LogP contribution is -2.40. The highest BCUT2D eigenvalue weighted by atomic mass is 15.0. The average molecular weight is 244 g/mol. The summed E-state index contributed by atoms with van der Waals surface area (Å²) in [6.45, 7) is 0. The largest absolute Gasteiger partial charge is 0.290 e. The molecule has 0 amide bonds. The number of nitrogens with zero attached hydrogens (tertiary/aromatic N) is 4. The van der Waals surface area contributed by atoms with Gasteiger partial charge in [0.1, 0.15) is 11.0 Å². The summed E-state index contributed by atoms with van der Waals surface area (Å²) in [4.78, 5) is 13.3. The van der Waals surface area contributed by atoms with Gasteiger partial charge in [0.15, 0.2) is 7.85 Å². The van der Waals surface area contributed by atoms with E-state index in [4.69, 9.17) is 0 Å². The van der Waals surface area contributed by atoms with E-state index >= 15 is 0 Å². The van der Waals surface area contributed by atoms with Gasteiger partial charge in [0.05, 0.1) is 22.6 Å². The first-order valence-electron chi connectivity index (χ1n) is 6.07. The second-order valence-electron chi connectivity index (χ2n) is 4.45. The van der Waals surface area contributed by atoms with E-state index in [0.717, 1.165) is 33.0 Å². The number of hydrogen-bond acceptors (Lipinski definition) is 3. The first-order chi connectivity index (χ1) is 9.34. The van der Waals surface area contributed by atoms with Crippen LogP contribution in [0.4, 0.5) is 0 Å². The van der Waals surface area contributed by atoms with E-state index < -0.39 is 0 Å². The molecule has 0 N–H and O–H groups in total. The molecule has 0 radical (unpaired) electrons. The van der Waals surface area contributed by atoms with Gasteiger partial charge in [0.25, 0.3) is 0 Å². The van der Waals surface area contributed by atoms with Crippen molar-refractivity contribution in [2.45, 2.75) is 0 Å². The number of hydrogen-bond donors (Lipinski definition) is 0. The molecule has 4 rings (SSSR count). The van der Waals surface area contributed by atoms with Gasteiger partial charge in [0, 0.05) is 11.7 Å². The molecule has 4 nitrogen and oxygen atoms in total. The van der Waals surface area contributed by atoms with Crippen molar-refractivity contribution in [3.63, 3.8) is 0 Å². The zero-order chi connectivity index (χ0) is 12.8. The van der Waals surface area contributed by atoms with E-state index in [1.54, 1.807) is 12.3 Å². The highest BCUT2D eigenvalue weighted by molar-refractivity contribution is 6.34. The van der Waals surface area contributed by atoms with Crippen LogP contribution in [0, 0.1) is 0 Å². The molecule has 0 spiro atoms. The first-order valence-corrected chi connectivity index (χ1v) is 6.07. The van der Waals surface area contributed by atoms with Crippen LogP contribution in [-0.2, 0) is 0 Å². The summed E-state index contributed by atoms with van der Waals surface area (Å²) in [5.41, 5.74) is 3.85. The first kappa shape index (κ1) is 10.3. The number of para-hydroxylation sites is 2. The molecule has 3 aromatic rings. The van der Waals surface area contributed by atoms with Crippen LogP contribution in [0.5, 0.6) is 0 Å². The van der Waals surface area contributed by atoms with Gasteiger partial charge >= 0.3 is 0 Å². The standard InChI is InChI=1S/C14H9BN4/c15-13-14-18-9-4-1-2-5-11(9)19(14)12-6-3-7-16-8-10(12)17-13/h1-6,8H,15H2. The van der Waals surface area contributed by atoms with Crippen molar-refractivity contribution >= 4 is 48.3 Å². The molecule has 0 saturated carbocycles. The van der Waals surface area contributed by atoms with Crippen LogP contribution in [0.1, 0.15) is 0 Å². The van der Waals surface area contributed by atoms with E-state index in [1.165, 1.54) is 0 Å². The van der Waals surface area contributed by atoms with Gasteiger partial charge < -0.3 is 0 Å². The van der Waals surface area contributed by atoms with Crippen molar-refractivity contribution in [1.82, 2.24) is 14.4 Å². The molecule has 0 fully saturated rings. The fraction of sp³-hybridized carbons (Fsp3) is 0. The molecule has 2 aromatic heterocycles. The summed E-state index contributed by atoms with van der Waals surface area (Å²) in [7, 11) is 1.97. The van der Waals surface area contributed by atoms with Crippen LogP contribution >= 0.6 is 0 Å². The van der Waals surface area contributed by atoms with Gasteiger partial charge in [-0.25, -0.2) is 9.98 Å². The molecule has 0 unspecified atom stereocenters. The number of aliphatic imine (C=N–C) groups is 1. The lowest BCUT2D eigenvalue weighted by Gasteiger charge is -2.01. The predicted molar refractivity (Wildman–Crippen MR) is 78.9 cm³/mol. The third kappa shape index (κ3) is 1.39. The van der Waals surface area contributed by atoms with Gasteiger partial charge in [-0.2, -0.15) is 0 Å². The third-order valence-electron chi connectivity index (χ3n) is 3.25. The Labute approximate surface area is 109 Å². The van der Waals surface area contributed by atoms with E-state index in [1.807, 2.05) is 32.1 Å². The average Bonchev–Trinajstić information content (AvgIpc) is 2.67. The third-order valence-corrected chi connectivity index (χ3v) is 3.25. The highest BCUT2D eigenvalue weighted by Crippen LogP contribution is 2.11. The Hall–Kier alpha value is -2.65. The fourth-order valence-electron chi connectivity index (χ4n) is 2.43. The van der Waals surface area contributed by atoms with E-state index in [0.29, 0.717) is 0 Å². The Morgan fingerprint density at radius 3 is 3.00 bits per heavy atom. The summed E-state index contributed by atoms with van der Waals surface area (Å²) >= 11 is 0. The van der Waals surface area contributed by atoms with Crippen molar-refractivity contribution in [1.29, 1.82) is 0 Å². The summed E-state index contributed by atoms with van der Waals surface area (Å²) < 4.78 is 2.13. The molecule has 88 valence electrons. The van der Waals surface area contributed by atoms with E-state index in [-0.39, 0.29) is 0 Å². The Kier molecular flexibility index (Phi) is 1.99. The summed E-state index contributed by atoms with van der Waals surface area (Å²) in [6, 6.07) is 8.10. The molecule has 0 aliphatic carbocycles. The van der Waals surface area contributed by atoms with Crippen LogP contribution in [0.15, 0.2) is 35.3 Å². The minimum absolute atomic E-state index is 0.842. The Morgan fingerprint density at radius 2 is 2.05 bits per heavy atom. The van der Waals surface area contributed by atoms with Crippen LogP contribution in [0.3, 0.4) is 0 Å². The number of benzene rings is 1. The molecular weight excluding hydrogens is 235 g/mol. The molecule has 1 aliphatic heterocycles. The molecule has 3 heterocycles. The van der Waals surface area contributed by atoms with Crippen LogP contribution in [0.2, 0.25) is 0 Å². The molecule has 5 heteroatoms. The molecule has 0 bridgehead atoms. The van der Waals surface area contributed by atoms with E-state index in [9.17, 15) is 0 Å². The summed E-state index contributed by atoms with van der Waals surface area (Å²) in [5, 5.41) is 1.83. The van der Waals surface area contributed by atoms with Crippen molar-refractivity contribution in [2.75, 3.05) is 0 Å². The van der Waals surface area contributed by atoms with Gasteiger partial charge in [-0.05, 0) is 24.1 Å². The van der Waals surface area contributed by atoms with Crippen molar-refractivity contribution in [3.8, 4) is 0 Å². The molecule has 0 atom stereocenters. The zero-order valence-corrected chi connectivity index (χ0v) is 10.3. The second-order valence-corrected chi connectivity index (χ2v) is 4.45. The van der Waals surface area contributed by atoms with Crippen LogP contribution < -0.4 is 16.3 Å². The van der Waals surface area contributed by atoms with Crippen molar-refractivity contribution < 1.29 is 0 Å². The molecule has 1 aliphatic rings. The van der Waals surface area contributed by atoms with Crippen molar-refractivity contribution in [3.05, 3.63) is 41.0 Å². The molecule has 0 saturated heterocycles. The zero-order valence-electron chi connectivity index (χ0n) is 10.3. The topological polar surface area (TPSA) is 42.5 Å². The maximum Gasteiger partial charge on any atom is 0.169 e. The molecule has 19 heavy (non-hydrogen) atoms. The van der Waals surface area contributed by atoms with Gasteiger partial charge in [-0.15, -0.1) is 0 Å². The van der Waals surface area contributed by atoms with E-state index in [2.05, 4.69) is 31.3 Å². The fourth-order valence-corrected chi connectivity index (χ4v) is 2.43. The Balaban J connectivity index is 2.41. The van der Waals surface area contributed by atoms with Crippen LogP contribution in [-0.4, -0.2) is 28.1 Å². The number of imidazole rings is 1. The van der Waals surface area contributed by atoms with Gasteiger partial charge in [-0.1, -0.05) is 12.1 Å². The highest BCUT2D eigenvalue weighted by Gasteiger charge is 2.09. The smallest absolute Gasteiger partial charge is 0.169 e.